The van der Waals surface area contributed by atoms with Gasteiger partial charge in [-0.15, -0.1) is 11.3 Å². The first-order valence-electron chi connectivity index (χ1n) is 11.5. The van der Waals surface area contributed by atoms with Crippen molar-refractivity contribution < 1.29 is 9.59 Å². The summed E-state index contributed by atoms with van der Waals surface area (Å²) in [6.45, 7) is 5.19. The van der Waals surface area contributed by atoms with E-state index in [4.69, 9.17) is 4.98 Å². The van der Waals surface area contributed by atoms with E-state index in [1.165, 1.54) is 36.3 Å². The lowest BCUT2D eigenvalue weighted by Gasteiger charge is -2.34. The lowest BCUT2D eigenvalue weighted by Crippen LogP contribution is -2.48. The van der Waals surface area contributed by atoms with Gasteiger partial charge in [-0.05, 0) is 32.1 Å². The molecule has 1 aromatic heterocycles. The quantitative estimate of drug-likeness (QED) is 0.763. The summed E-state index contributed by atoms with van der Waals surface area (Å²) in [4.78, 5) is 35.2. The number of nitrogens with zero attached hydrogens (tertiary/aromatic N) is 3. The first-order chi connectivity index (χ1) is 14.1. The second kappa shape index (κ2) is 9.45. The molecule has 0 spiro atoms. The molecule has 4 rings (SSSR count). The zero-order valence-corrected chi connectivity index (χ0v) is 18.4. The topological polar surface area (TPSA) is 65.5 Å². The summed E-state index contributed by atoms with van der Waals surface area (Å²) < 4.78 is 0. The number of aryl methyl sites for hydroxylation is 1. The normalized spacial score (nSPS) is 23.4. The van der Waals surface area contributed by atoms with Crippen LogP contribution in [-0.2, 0) is 22.4 Å². The van der Waals surface area contributed by atoms with Crippen LogP contribution >= 0.6 is 11.3 Å². The first-order valence-corrected chi connectivity index (χ1v) is 12.3. The minimum Gasteiger partial charge on any atom is -0.353 e. The molecular weight excluding hydrogens is 384 g/mol. The van der Waals surface area contributed by atoms with E-state index in [-0.39, 0.29) is 17.7 Å². The molecule has 0 bridgehead atoms. The van der Waals surface area contributed by atoms with E-state index < -0.39 is 0 Å². The van der Waals surface area contributed by atoms with Gasteiger partial charge < -0.3 is 15.1 Å². The molecule has 1 unspecified atom stereocenters. The molecule has 6 nitrogen and oxygen atoms in total. The number of thiazole rings is 1. The largest absolute Gasteiger partial charge is 0.353 e. The van der Waals surface area contributed by atoms with Gasteiger partial charge in [-0.1, -0.05) is 32.6 Å². The SMILES string of the molecule is CCC(=O)N1CCN(c2nc3c(s2)CC(C(=O)NC2CCCCCC2)CC3)CC1. The van der Waals surface area contributed by atoms with Crippen LogP contribution in [0.3, 0.4) is 0 Å². The van der Waals surface area contributed by atoms with Crippen molar-refractivity contribution in [2.45, 2.75) is 77.2 Å². The zero-order chi connectivity index (χ0) is 20.2. The van der Waals surface area contributed by atoms with E-state index in [0.29, 0.717) is 12.5 Å². The Morgan fingerprint density at radius 3 is 2.48 bits per heavy atom. The summed E-state index contributed by atoms with van der Waals surface area (Å²) in [5, 5.41) is 4.42. The van der Waals surface area contributed by atoms with Crippen molar-refractivity contribution in [2.24, 2.45) is 5.92 Å². The number of anilines is 1. The summed E-state index contributed by atoms with van der Waals surface area (Å²) >= 11 is 1.76. The van der Waals surface area contributed by atoms with Crippen molar-refractivity contribution in [3.05, 3.63) is 10.6 Å². The van der Waals surface area contributed by atoms with Crippen molar-refractivity contribution in [2.75, 3.05) is 31.1 Å². The van der Waals surface area contributed by atoms with Gasteiger partial charge in [0.05, 0.1) is 5.69 Å². The van der Waals surface area contributed by atoms with Crippen LogP contribution < -0.4 is 10.2 Å². The fraction of sp³-hybridized carbons (Fsp3) is 0.773. The molecule has 1 atom stereocenters. The number of nitrogens with one attached hydrogen (secondary N) is 1. The molecule has 0 radical (unpaired) electrons. The number of carbonyl (C=O) groups is 2. The van der Waals surface area contributed by atoms with Gasteiger partial charge in [0.1, 0.15) is 0 Å². The molecule has 2 amide bonds. The summed E-state index contributed by atoms with van der Waals surface area (Å²) in [5.41, 5.74) is 1.19. The van der Waals surface area contributed by atoms with Crippen LogP contribution in [0.15, 0.2) is 0 Å². The van der Waals surface area contributed by atoms with Crippen LogP contribution in [0.25, 0.3) is 0 Å². The van der Waals surface area contributed by atoms with Gasteiger partial charge in [0, 0.05) is 49.4 Å². The first kappa shape index (κ1) is 20.6. The van der Waals surface area contributed by atoms with Crippen molar-refractivity contribution in [3.63, 3.8) is 0 Å². The Balaban J connectivity index is 1.33. The van der Waals surface area contributed by atoms with E-state index >= 15 is 0 Å². The minimum absolute atomic E-state index is 0.0954. The van der Waals surface area contributed by atoms with Crippen LogP contribution in [-0.4, -0.2) is 53.9 Å². The summed E-state index contributed by atoms with van der Waals surface area (Å²) in [5.74, 6) is 0.591. The molecule has 1 N–H and O–H groups in total. The van der Waals surface area contributed by atoms with Gasteiger partial charge >= 0.3 is 0 Å². The van der Waals surface area contributed by atoms with Crippen LogP contribution in [0, 0.1) is 5.92 Å². The van der Waals surface area contributed by atoms with Crippen LogP contribution in [0.5, 0.6) is 0 Å². The molecule has 29 heavy (non-hydrogen) atoms. The van der Waals surface area contributed by atoms with Gasteiger partial charge in [-0.2, -0.15) is 0 Å². The number of carbonyl (C=O) groups excluding carboxylic acids is 2. The molecule has 7 heteroatoms. The zero-order valence-electron chi connectivity index (χ0n) is 17.6. The molecule has 160 valence electrons. The Labute approximate surface area is 178 Å². The third kappa shape index (κ3) is 4.93. The number of amides is 2. The standard InChI is InChI=1S/C22H34N4O2S/c1-2-20(27)25-11-13-26(14-12-25)22-24-18-10-9-16(15-19(18)29-22)21(28)23-17-7-5-3-4-6-8-17/h16-17H,2-15H2,1H3,(H,23,28). The predicted molar refractivity (Wildman–Crippen MR) is 116 cm³/mol. The third-order valence-corrected chi connectivity index (χ3v) is 7.89. The highest BCUT2D eigenvalue weighted by Gasteiger charge is 2.30. The maximum absolute atomic E-state index is 12.9. The van der Waals surface area contributed by atoms with E-state index in [1.54, 1.807) is 11.3 Å². The van der Waals surface area contributed by atoms with Gasteiger partial charge in [0.2, 0.25) is 11.8 Å². The smallest absolute Gasteiger partial charge is 0.223 e. The Kier molecular flexibility index (Phi) is 6.73. The molecule has 2 heterocycles. The maximum atomic E-state index is 12.9. The number of rotatable bonds is 4. The average Bonchev–Trinajstić information content (AvgIpc) is 3.02. The molecule has 2 fully saturated rings. The third-order valence-electron chi connectivity index (χ3n) is 6.71. The van der Waals surface area contributed by atoms with Crippen molar-refractivity contribution in [1.82, 2.24) is 15.2 Å². The Hall–Kier alpha value is -1.63. The fourth-order valence-corrected chi connectivity index (χ4v) is 6.07. The van der Waals surface area contributed by atoms with Crippen molar-refractivity contribution >= 4 is 28.3 Å². The van der Waals surface area contributed by atoms with Gasteiger partial charge in [-0.3, -0.25) is 9.59 Å². The highest BCUT2D eigenvalue weighted by molar-refractivity contribution is 7.15. The molecular formula is C22H34N4O2S. The summed E-state index contributed by atoms with van der Waals surface area (Å²) in [6.07, 6.45) is 10.6. The number of aromatic nitrogens is 1. The van der Waals surface area contributed by atoms with E-state index in [1.807, 2.05) is 11.8 Å². The van der Waals surface area contributed by atoms with Crippen LogP contribution in [0.1, 0.15) is 68.9 Å². The minimum atomic E-state index is 0.0954. The van der Waals surface area contributed by atoms with Gasteiger partial charge in [0.15, 0.2) is 5.13 Å². The highest BCUT2D eigenvalue weighted by atomic mass is 32.1. The lowest BCUT2D eigenvalue weighted by molar-refractivity contribution is -0.131. The molecule has 1 aliphatic heterocycles. The Morgan fingerprint density at radius 2 is 1.79 bits per heavy atom. The Morgan fingerprint density at radius 1 is 1.07 bits per heavy atom. The molecule has 1 saturated heterocycles. The molecule has 1 saturated carbocycles. The molecule has 2 aliphatic carbocycles. The Bertz CT molecular complexity index is 718. The van der Waals surface area contributed by atoms with Crippen molar-refractivity contribution in [3.8, 4) is 0 Å². The molecule has 0 aromatic carbocycles. The average molecular weight is 419 g/mol. The van der Waals surface area contributed by atoms with Gasteiger partial charge in [0.25, 0.3) is 0 Å². The summed E-state index contributed by atoms with van der Waals surface area (Å²) in [6, 6.07) is 0.380. The second-order valence-corrected chi connectivity index (χ2v) is 9.79. The van der Waals surface area contributed by atoms with E-state index in [0.717, 1.165) is 63.4 Å². The van der Waals surface area contributed by atoms with E-state index in [9.17, 15) is 9.59 Å². The summed E-state index contributed by atoms with van der Waals surface area (Å²) in [7, 11) is 0. The second-order valence-electron chi connectivity index (χ2n) is 8.72. The van der Waals surface area contributed by atoms with E-state index in [2.05, 4.69) is 10.2 Å². The van der Waals surface area contributed by atoms with Gasteiger partial charge in [-0.25, -0.2) is 4.98 Å². The molecule has 1 aromatic rings. The predicted octanol–water partition coefficient (Wildman–Crippen LogP) is 3.15. The number of piperazine rings is 1. The highest BCUT2D eigenvalue weighted by Crippen LogP contribution is 2.34. The number of hydrogen-bond acceptors (Lipinski definition) is 5. The fourth-order valence-electron chi connectivity index (χ4n) is 4.83. The monoisotopic (exact) mass is 418 g/mol. The van der Waals surface area contributed by atoms with Crippen LogP contribution in [0.4, 0.5) is 5.13 Å². The lowest BCUT2D eigenvalue weighted by atomic mass is 9.90. The maximum Gasteiger partial charge on any atom is 0.223 e. The van der Waals surface area contributed by atoms with Crippen LogP contribution in [0.2, 0.25) is 0 Å². The number of fused-ring (bicyclic) bond motifs is 1. The number of hydrogen-bond donors (Lipinski definition) is 1. The molecule has 3 aliphatic rings. The van der Waals surface area contributed by atoms with Crippen molar-refractivity contribution in [1.29, 1.82) is 0 Å².